The maximum Gasteiger partial charge on any atom is 0.0649 e. The lowest BCUT2D eigenvalue weighted by atomic mass is 10.3. The summed E-state index contributed by atoms with van der Waals surface area (Å²) < 4.78 is 1.91. The van der Waals surface area contributed by atoms with Crippen LogP contribution in [0.4, 0.5) is 0 Å². The van der Waals surface area contributed by atoms with Crippen LogP contribution in [0.3, 0.4) is 0 Å². The van der Waals surface area contributed by atoms with Crippen molar-refractivity contribution < 1.29 is 5.11 Å². The van der Waals surface area contributed by atoms with Crippen LogP contribution in [-0.2, 0) is 0 Å². The van der Waals surface area contributed by atoms with E-state index in [-0.39, 0.29) is 6.61 Å². The summed E-state index contributed by atoms with van der Waals surface area (Å²) in [4.78, 5) is 0. The Labute approximate surface area is 57.6 Å². The molecule has 0 aliphatic heterocycles. The van der Waals surface area contributed by atoms with E-state index >= 15 is 0 Å². The quantitative estimate of drug-likeness (QED) is 0.690. The number of aliphatic hydroxyl groups is 1. The number of hydrogen-bond donors (Lipinski definition) is 1. The normalized spacial score (nSPS) is 12.1. The van der Waals surface area contributed by atoms with Gasteiger partial charge in [-0.1, -0.05) is 29.5 Å². The molecule has 0 aromatic heterocycles. The molecule has 42 valence electrons. The first-order chi connectivity index (χ1) is 3.35. The Balaban J connectivity index is 3.38. The number of halogens is 1. The van der Waals surface area contributed by atoms with E-state index in [1.54, 1.807) is 0 Å². The third-order valence-corrected chi connectivity index (χ3v) is 1.69. The zero-order valence-corrected chi connectivity index (χ0v) is 6.47. The molecular weight excluding hydrogens is 203 g/mol. The maximum absolute atomic E-state index is 8.45. The van der Waals surface area contributed by atoms with Gasteiger partial charge in [-0.3, -0.25) is 0 Å². The van der Waals surface area contributed by atoms with Gasteiger partial charge >= 0.3 is 0 Å². The van der Waals surface area contributed by atoms with Crippen molar-refractivity contribution in [3.8, 4) is 0 Å². The summed E-state index contributed by atoms with van der Waals surface area (Å²) >= 11 is 2.13. The van der Waals surface area contributed by atoms with E-state index in [1.807, 2.05) is 11.0 Å². The van der Waals surface area contributed by atoms with E-state index in [0.717, 1.165) is 12.0 Å². The average Bonchev–Trinajstić information content (AvgIpc) is 1.72. The van der Waals surface area contributed by atoms with Gasteiger partial charge in [-0.05, 0) is 16.1 Å². The van der Waals surface area contributed by atoms with Crippen molar-refractivity contribution in [3.05, 3.63) is 9.66 Å². The zero-order chi connectivity index (χ0) is 5.70. The van der Waals surface area contributed by atoms with Gasteiger partial charge in [0, 0.05) is 0 Å². The molecule has 0 unspecified atom stereocenters. The molecule has 0 radical (unpaired) electrons. The molecule has 1 nitrogen and oxygen atoms in total. The minimum absolute atomic E-state index is 0.208. The van der Waals surface area contributed by atoms with Gasteiger partial charge in [-0.15, -0.1) is 0 Å². The molecule has 0 aliphatic rings. The third kappa shape index (κ3) is 3.05. The minimum atomic E-state index is 0.208. The summed E-state index contributed by atoms with van der Waals surface area (Å²) in [5.74, 6) is 0. The van der Waals surface area contributed by atoms with Gasteiger partial charge in [-0.2, -0.15) is 0 Å². The lowest BCUT2D eigenvalue weighted by molar-refractivity contribution is 0.328. The smallest absolute Gasteiger partial charge is 0.0649 e. The maximum atomic E-state index is 8.45. The van der Waals surface area contributed by atoms with Gasteiger partial charge in [0.25, 0.3) is 0 Å². The molecule has 7 heavy (non-hydrogen) atoms. The standard InChI is InChI=1S/C5H9IO/c1-2-5(3-6)4-7/h3,7H,2,4H2,1H3. The van der Waals surface area contributed by atoms with Crippen LogP contribution >= 0.6 is 22.6 Å². The van der Waals surface area contributed by atoms with Crippen LogP contribution in [0.5, 0.6) is 0 Å². The third-order valence-electron chi connectivity index (χ3n) is 0.812. The molecule has 0 atom stereocenters. The second-order valence-corrected chi connectivity index (χ2v) is 1.90. The highest BCUT2D eigenvalue weighted by atomic mass is 127. The average molecular weight is 212 g/mol. The molecule has 0 saturated carbocycles. The molecule has 0 heterocycles. The first-order valence-electron chi connectivity index (χ1n) is 2.24. The van der Waals surface area contributed by atoms with E-state index in [1.165, 1.54) is 0 Å². The molecule has 0 bridgehead atoms. The van der Waals surface area contributed by atoms with E-state index < -0.39 is 0 Å². The van der Waals surface area contributed by atoms with Crippen molar-refractivity contribution >= 4 is 22.6 Å². The van der Waals surface area contributed by atoms with Gasteiger partial charge in [0.2, 0.25) is 0 Å². The molecule has 2 heteroatoms. The summed E-state index contributed by atoms with van der Waals surface area (Å²) in [7, 11) is 0. The van der Waals surface area contributed by atoms with Crippen molar-refractivity contribution in [3.63, 3.8) is 0 Å². The highest BCUT2D eigenvalue weighted by Gasteiger charge is 1.84. The topological polar surface area (TPSA) is 20.2 Å². The van der Waals surface area contributed by atoms with Crippen molar-refractivity contribution in [2.75, 3.05) is 6.61 Å². The van der Waals surface area contributed by atoms with E-state index in [2.05, 4.69) is 22.6 Å². The van der Waals surface area contributed by atoms with Crippen LogP contribution in [0.2, 0.25) is 0 Å². The SMILES string of the molecule is CCC(=CI)CO. The summed E-state index contributed by atoms with van der Waals surface area (Å²) in [6.45, 7) is 2.24. The fourth-order valence-corrected chi connectivity index (χ4v) is 0.861. The Kier molecular flexibility index (Phi) is 4.87. The molecule has 0 aliphatic carbocycles. The summed E-state index contributed by atoms with van der Waals surface area (Å²) in [6.07, 6.45) is 0.958. The molecule has 0 amide bonds. The Bertz CT molecular complexity index is 62.5. The summed E-state index contributed by atoms with van der Waals surface area (Å²) in [6, 6.07) is 0. The van der Waals surface area contributed by atoms with Crippen LogP contribution in [0.25, 0.3) is 0 Å². The fraction of sp³-hybridized carbons (Fsp3) is 0.600. The Hall–Kier alpha value is 0.430. The first kappa shape index (κ1) is 7.43. The molecular formula is C5H9IO. The molecule has 0 aromatic carbocycles. The van der Waals surface area contributed by atoms with Crippen LogP contribution in [0.15, 0.2) is 9.66 Å². The molecule has 0 rings (SSSR count). The second-order valence-electron chi connectivity index (χ2n) is 1.28. The monoisotopic (exact) mass is 212 g/mol. The summed E-state index contributed by atoms with van der Waals surface area (Å²) in [5.41, 5.74) is 1.10. The number of aliphatic hydroxyl groups excluding tert-OH is 1. The van der Waals surface area contributed by atoms with E-state index in [4.69, 9.17) is 5.11 Å². The van der Waals surface area contributed by atoms with E-state index in [0.29, 0.717) is 0 Å². The lowest BCUT2D eigenvalue weighted by Crippen LogP contribution is -1.84. The lowest BCUT2D eigenvalue weighted by Gasteiger charge is -1.91. The first-order valence-corrected chi connectivity index (χ1v) is 3.48. The predicted molar refractivity (Wildman–Crippen MR) is 39.5 cm³/mol. The van der Waals surface area contributed by atoms with E-state index in [9.17, 15) is 0 Å². The second kappa shape index (κ2) is 4.59. The van der Waals surface area contributed by atoms with Crippen LogP contribution < -0.4 is 0 Å². The Morgan fingerprint density at radius 2 is 2.43 bits per heavy atom. The fourth-order valence-electron chi connectivity index (χ4n) is 0.223. The zero-order valence-electron chi connectivity index (χ0n) is 4.32. The number of hydrogen-bond acceptors (Lipinski definition) is 1. The number of rotatable bonds is 2. The largest absolute Gasteiger partial charge is 0.392 e. The van der Waals surface area contributed by atoms with Gasteiger partial charge < -0.3 is 5.11 Å². The minimum Gasteiger partial charge on any atom is -0.392 e. The summed E-state index contributed by atoms with van der Waals surface area (Å²) in [5, 5.41) is 8.45. The van der Waals surface area contributed by atoms with Gasteiger partial charge in [0.05, 0.1) is 6.61 Å². The van der Waals surface area contributed by atoms with Gasteiger partial charge in [0.15, 0.2) is 0 Å². The molecule has 0 fully saturated rings. The molecule has 0 aromatic rings. The van der Waals surface area contributed by atoms with Crippen molar-refractivity contribution in [1.82, 2.24) is 0 Å². The van der Waals surface area contributed by atoms with Crippen LogP contribution in [0.1, 0.15) is 13.3 Å². The predicted octanol–water partition coefficient (Wildman–Crippen LogP) is 1.71. The van der Waals surface area contributed by atoms with Gasteiger partial charge in [-0.25, -0.2) is 0 Å². The van der Waals surface area contributed by atoms with Crippen molar-refractivity contribution in [2.45, 2.75) is 13.3 Å². The van der Waals surface area contributed by atoms with Crippen molar-refractivity contribution in [1.29, 1.82) is 0 Å². The Morgan fingerprint density at radius 1 is 1.86 bits per heavy atom. The van der Waals surface area contributed by atoms with Crippen LogP contribution in [0, 0.1) is 0 Å². The van der Waals surface area contributed by atoms with Crippen LogP contribution in [-0.4, -0.2) is 11.7 Å². The molecule has 1 N–H and O–H groups in total. The van der Waals surface area contributed by atoms with Gasteiger partial charge in [0.1, 0.15) is 0 Å². The van der Waals surface area contributed by atoms with Crippen molar-refractivity contribution in [2.24, 2.45) is 0 Å². The highest BCUT2D eigenvalue weighted by Crippen LogP contribution is 2.01. The highest BCUT2D eigenvalue weighted by molar-refractivity contribution is 14.1. The Morgan fingerprint density at radius 3 is 2.43 bits per heavy atom. The molecule has 0 spiro atoms. The molecule has 0 saturated heterocycles.